The van der Waals surface area contributed by atoms with Gasteiger partial charge in [-0.3, -0.25) is 9.69 Å². The first kappa shape index (κ1) is 24.4. The number of rotatable bonds is 8. The van der Waals surface area contributed by atoms with Gasteiger partial charge in [0, 0.05) is 18.5 Å². The second-order valence-electron chi connectivity index (χ2n) is 8.87. The standard InChI is InChI=1S/C29H30N4O2S/c1-21(28(34)32-27(22-10-4-2-5-11-22)23-12-6-3-7-13-23)36-29-24-14-8-9-15-25(24)30-26(31-29)20-33-16-18-35-19-17-33/h2-15,21,27H,16-20H2,1H3,(H,32,34). The van der Waals surface area contributed by atoms with Crippen LogP contribution >= 0.6 is 11.8 Å². The Morgan fingerprint density at radius 2 is 1.53 bits per heavy atom. The van der Waals surface area contributed by atoms with Crippen molar-refractivity contribution in [1.82, 2.24) is 20.2 Å². The van der Waals surface area contributed by atoms with Gasteiger partial charge in [0.2, 0.25) is 5.91 Å². The SMILES string of the molecule is CC(Sc1nc(CN2CCOCC2)nc2ccccc12)C(=O)NC(c1ccccc1)c1ccccc1. The third kappa shape index (κ3) is 5.93. The highest BCUT2D eigenvalue weighted by molar-refractivity contribution is 8.00. The third-order valence-electron chi connectivity index (χ3n) is 6.29. The molecule has 6 nitrogen and oxygen atoms in total. The van der Waals surface area contributed by atoms with E-state index in [0.29, 0.717) is 6.54 Å². The normalized spacial score (nSPS) is 15.2. The van der Waals surface area contributed by atoms with Crippen molar-refractivity contribution in [2.75, 3.05) is 26.3 Å². The number of hydrogen-bond donors (Lipinski definition) is 1. The summed E-state index contributed by atoms with van der Waals surface area (Å²) in [6, 6.07) is 27.9. The number of fused-ring (bicyclic) bond motifs is 1. The summed E-state index contributed by atoms with van der Waals surface area (Å²) < 4.78 is 5.47. The summed E-state index contributed by atoms with van der Waals surface area (Å²) in [6.45, 7) is 5.82. The Balaban J connectivity index is 1.37. The van der Waals surface area contributed by atoms with Crippen molar-refractivity contribution in [3.05, 3.63) is 102 Å². The van der Waals surface area contributed by atoms with Crippen molar-refractivity contribution in [2.24, 2.45) is 0 Å². The van der Waals surface area contributed by atoms with E-state index in [1.807, 2.05) is 91.9 Å². The van der Waals surface area contributed by atoms with Gasteiger partial charge in [0.05, 0.1) is 36.6 Å². The number of amides is 1. The van der Waals surface area contributed by atoms with Gasteiger partial charge >= 0.3 is 0 Å². The molecule has 1 fully saturated rings. The van der Waals surface area contributed by atoms with Crippen LogP contribution in [0.25, 0.3) is 10.9 Å². The quantitative estimate of drug-likeness (QED) is 0.277. The number of carbonyl (C=O) groups excluding carboxylic acids is 1. The summed E-state index contributed by atoms with van der Waals surface area (Å²) in [5.74, 6) is 0.743. The number of aromatic nitrogens is 2. The summed E-state index contributed by atoms with van der Waals surface area (Å²) in [5.41, 5.74) is 3.00. The van der Waals surface area contributed by atoms with Gasteiger partial charge < -0.3 is 10.1 Å². The van der Waals surface area contributed by atoms with Crippen LogP contribution in [0.2, 0.25) is 0 Å². The zero-order valence-corrected chi connectivity index (χ0v) is 21.2. The molecule has 1 aliphatic rings. The zero-order valence-electron chi connectivity index (χ0n) is 20.3. The summed E-state index contributed by atoms with van der Waals surface area (Å²) in [6.07, 6.45) is 0. The van der Waals surface area contributed by atoms with E-state index >= 15 is 0 Å². The van der Waals surface area contributed by atoms with E-state index in [1.54, 1.807) is 0 Å². The first-order valence-electron chi connectivity index (χ1n) is 12.3. The van der Waals surface area contributed by atoms with Crippen molar-refractivity contribution in [3.63, 3.8) is 0 Å². The number of thioether (sulfide) groups is 1. The monoisotopic (exact) mass is 498 g/mol. The molecule has 2 heterocycles. The van der Waals surface area contributed by atoms with Gasteiger partial charge in [-0.05, 0) is 24.1 Å². The molecule has 1 aliphatic heterocycles. The number of para-hydroxylation sites is 1. The van der Waals surface area contributed by atoms with Crippen molar-refractivity contribution in [1.29, 1.82) is 0 Å². The van der Waals surface area contributed by atoms with Crippen LogP contribution in [-0.4, -0.2) is 52.3 Å². The first-order valence-corrected chi connectivity index (χ1v) is 13.2. The van der Waals surface area contributed by atoms with Crippen LogP contribution in [0.3, 0.4) is 0 Å². The van der Waals surface area contributed by atoms with Gasteiger partial charge in [-0.2, -0.15) is 0 Å². The van der Waals surface area contributed by atoms with E-state index in [9.17, 15) is 4.79 Å². The van der Waals surface area contributed by atoms with Gasteiger partial charge in [-0.25, -0.2) is 9.97 Å². The number of hydrogen-bond acceptors (Lipinski definition) is 6. The van der Waals surface area contributed by atoms with Crippen LogP contribution in [0.15, 0.2) is 90.0 Å². The molecule has 5 rings (SSSR count). The molecule has 4 aromatic rings. The van der Waals surface area contributed by atoms with E-state index in [2.05, 4.69) is 10.2 Å². The molecule has 0 radical (unpaired) electrons. The Morgan fingerprint density at radius 3 is 2.19 bits per heavy atom. The average Bonchev–Trinajstić information content (AvgIpc) is 2.93. The van der Waals surface area contributed by atoms with Gasteiger partial charge in [0.1, 0.15) is 10.9 Å². The molecule has 1 amide bonds. The Bertz CT molecular complexity index is 1260. The maximum Gasteiger partial charge on any atom is 0.234 e. The lowest BCUT2D eigenvalue weighted by atomic mass is 9.98. The van der Waals surface area contributed by atoms with Crippen LogP contribution in [0.5, 0.6) is 0 Å². The maximum absolute atomic E-state index is 13.4. The number of benzene rings is 3. The molecule has 1 aromatic heterocycles. The Morgan fingerprint density at radius 1 is 0.917 bits per heavy atom. The highest BCUT2D eigenvalue weighted by Gasteiger charge is 2.23. The van der Waals surface area contributed by atoms with E-state index < -0.39 is 0 Å². The van der Waals surface area contributed by atoms with Crippen LogP contribution < -0.4 is 5.32 Å². The van der Waals surface area contributed by atoms with Gasteiger partial charge in [0.15, 0.2) is 0 Å². The molecule has 1 N–H and O–H groups in total. The highest BCUT2D eigenvalue weighted by Crippen LogP contribution is 2.30. The average molecular weight is 499 g/mol. The molecule has 184 valence electrons. The van der Waals surface area contributed by atoms with E-state index in [1.165, 1.54) is 11.8 Å². The molecule has 7 heteroatoms. The fourth-order valence-electron chi connectivity index (χ4n) is 4.34. The van der Waals surface area contributed by atoms with Crippen molar-refractivity contribution >= 4 is 28.6 Å². The number of carbonyl (C=O) groups is 1. The minimum Gasteiger partial charge on any atom is -0.379 e. The minimum absolute atomic E-state index is 0.0323. The molecule has 0 bridgehead atoms. The molecule has 0 spiro atoms. The lowest BCUT2D eigenvalue weighted by molar-refractivity contribution is -0.120. The smallest absolute Gasteiger partial charge is 0.234 e. The fraction of sp³-hybridized carbons (Fsp3) is 0.276. The van der Waals surface area contributed by atoms with Gasteiger partial charge in [0.25, 0.3) is 0 Å². The summed E-state index contributed by atoms with van der Waals surface area (Å²) in [4.78, 5) is 25.5. The predicted octanol–water partition coefficient (Wildman–Crippen LogP) is 4.85. The molecule has 0 aliphatic carbocycles. The van der Waals surface area contributed by atoms with Crippen molar-refractivity contribution in [3.8, 4) is 0 Å². The number of nitrogens with one attached hydrogen (secondary N) is 1. The largest absolute Gasteiger partial charge is 0.379 e. The lowest BCUT2D eigenvalue weighted by Crippen LogP contribution is -2.36. The van der Waals surface area contributed by atoms with Crippen LogP contribution in [0, 0.1) is 0 Å². The van der Waals surface area contributed by atoms with E-state index in [4.69, 9.17) is 14.7 Å². The molecule has 1 unspecified atom stereocenters. The first-order chi connectivity index (χ1) is 17.7. The van der Waals surface area contributed by atoms with Gasteiger partial charge in [-0.15, -0.1) is 0 Å². The lowest BCUT2D eigenvalue weighted by Gasteiger charge is -2.26. The molecule has 36 heavy (non-hydrogen) atoms. The third-order valence-corrected chi connectivity index (χ3v) is 7.40. The molecule has 3 aromatic carbocycles. The van der Waals surface area contributed by atoms with Crippen LogP contribution in [-0.2, 0) is 16.1 Å². The number of ether oxygens (including phenoxy) is 1. The number of morpholine rings is 1. The van der Waals surface area contributed by atoms with Crippen LogP contribution in [0.1, 0.15) is 29.9 Å². The Kier molecular flexibility index (Phi) is 7.91. The highest BCUT2D eigenvalue weighted by atomic mass is 32.2. The predicted molar refractivity (Wildman–Crippen MR) is 144 cm³/mol. The summed E-state index contributed by atoms with van der Waals surface area (Å²) in [5, 5.41) is 4.74. The summed E-state index contributed by atoms with van der Waals surface area (Å²) >= 11 is 1.48. The molecule has 1 atom stereocenters. The van der Waals surface area contributed by atoms with E-state index in [0.717, 1.165) is 59.2 Å². The second kappa shape index (κ2) is 11.6. The van der Waals surface area contributed by atoms with Gasteiger partial charge in [-0.1, -0.05) is 90.6 Å². The maximum atomic E-state index is 13.4. The molecular formula is C29H30N4O2S. The zero-order chi connectivity index (χ0) is 24.7. The fourth-order valence-corrected chi connectivity index (χ4v) is 5.31. The second-order valence-corrected chi connectivity index (χ2v) is 10.2. The molecule has 0 saturated carbocycles. The van der Waals surface area contributed by atoms with Crippen LogP contribution in [0.4, 0.5) is 0 Å². The molecule has 1 saturated heterocycles. The van der Waals surface area contributed by atoms with E-state index in [-0.39, 0.29) is 17.2 Å². The minimum atomic E-state index is -0.338. The van der Waals surface area contributed by atoms with Crippen molar-refractivity contribution in [2.45, 2.75) is 29.8 Å². The summed E-state index contributed by atoms with van der Waals surface area (Å²) in [7, 11) is 0. The van der Waals surface area contributed by atoms with Crippen molar-refractivity contribution < 1.29 is 9.53 Å². The molecular weight excluding hydrogens is 468 g/mol. The Hall–Kier alpha value is -3.26. The topological polar surface area (TPSA) is 67.3 Å². The Labute approximate surface area is 216 Å². The number of nitrogens with zero attached hydrogens (tertiary/aromatic N) is 3.